The zero-order valence-electron chi connectivity index (χ0n) is 16.8. The van der Waals surface area contributed by atoms with Crippen molar-refractivity contribution in [2.24, 2.45) is 11.8 Å². The van der Waals surface area contributed by atoms with E-state index in [9.17, 15) is 9.59 Å². The molecule has 2 aromatic rings. The van der Waals surface area contributed by atoms with Crippen LogP contribution in [0.25, 0.3) is 11.3 Å². The van der Waals surface area contributed by atoms with Gasteiger partial charge in [-0.05, 0) is 51.2 Å². The van der Waals surface area contributed by atoms with Crippen LogP contribution in [0, 0.1) is 11.8 Å². The average Bonchev–Trinajstić information content (AvgIpc) is 3.43. The van der Waals surface area contributed by atoms with E-state index in [1.54, 1.807) is 6.07 Å². The molecule has 0 saturated carbocycles. The largest absolute Gasteiger partial charge is 0.355 e. The monoisotopic (exact) mass is 396 g/mol. The Hall–Kier alpha value is -2.67. The van der Waals surface area contributed by atoms with Gasteiger partial charge in [-0.15, -0.1) is 0 Å². The number of aromatic nitrogens is 1. The minimum atomic E-state index is -0.393. The summed E-state index contributed by atoms with van der Waals surface area (Å²) >= 11 is 0. The van der Waals surface area contributed by atoms with Crippen molar-refractivity contribution in [3.63, 3.8) is 0 Å². The van der Waals surface area contributed by atoms with E-state index in [-0.39, 0.29) is 18.1 Å². The van der Waals surface area contributed by atoms with Gasteiger partial charge in [-0.1, -0.05) is 35.5 Å². The lowest BCUT2D eigenvalue weighted by molar-refractivity contribution is -0.129. The van der Waals surface area contributed by atoms with Gasteiger partial charge in [0.15, 0.2) is 11.5 Å². The molecule has 0 aliphatic carbocycles. The van der Waals surface area contributed by atoms with Crippen LogP contribution in [0.2, 0.25) is 0 Å². The predicted octanol–water partition coefficient (Wildman–Crippen LogP) is 2.26. The van der Waals surface area contributed by atoms with Crippen molar-refractivity contribution >= 4 is 11.8 Å². The molecule has 1 aromatic heterocycles. The summed E-state index contributed by atoms with van der Waals surface area (Å²) in [6, 6.07) is 11.1. The van der Waals surface area contributed by atoms with Gasteiger partial charge in [-0.3, -0.25) is 9.59 Å². The molecule has 1 atom stereocenters. The lowest BCUT2D eigenvalue weighted by atomic mass is 9.84. The van der Waals surface area contributed by atoms with E-state index in [2.05, 4.69) is 22.4 Å². The normalized spacial score (nSPS) is 20.7. The molecule has 2 aliphatic heterocycles. The summed E-state index contributed by atoms with van der Waals surface area (Å²) in [5.41, 5.74) is 1.04. The van der Waals surface area contributed by atoms with Crippen molar-refractivity contribution in [1.82, 2.24) is 20.3 Å². The zero-order valence-corrected chi connectivity index (χ0v) is 16.8. The maximum Gasteiger partial charge on any atom is 0.273 e. The van der Waals surface area contributed by atoms with E-state index in [4.69, 9.17) is 4.52 Å². The molecule has 1 aromatic carbocycles. The maximum atomic E-state index is 12.5. The van der Waals surface area contributed by atoms with Crippen LogP contribution in [-0.2, 0) is 4.79 Å². The fraction of sp³-hybridized carbons (Fsp3) is 0.500. The molecule has 0 radical (unpaired) electrons. The smallest absolute Gasteiger partial charge is 0.273 e. The minimum absolute atomic E-state index is 0.00745. The number of nitrogens with zero attached hydrogens (tertiary/aromatic N) is 3. The second kappa shape index (κ2) is 8.78. The first-order valence-corrected chi connectivity index (χ1v) is 10.4. The van der Waals surface area contributed by atoms with Crippen LogP contribution in [0.3, 0.4) is 0 Å². The number of carbonyl (C=O) groups excluding carboxylic acids is 2. The van der Waals surface area contributed by atoms with Gasteiger partial charge in [0.1, 0.15) is 0 Å². The molecule has 0 bridgehead atoms. The molecule has 4 rings (SSSR count). The summed E-state index contributed by atoms with van der Waals surface area (Å²) in [7, 11) is 2.17. The van der Waals surface area contributed by atoms with Crippen molar-refractivity contribution in [2.45, 2.75) is 19.3 Å². The van der Waals surface area contributed by atoms with Gasteiger partial charge in [0.2, 0.25) is 5.91 Å². The first-order chi connectivity index (χ1) is 14.1. The highest BCUT2D eigenvalue weighted by atomic mass is 16.5. The lowest BCUT2D eigenvalue weighted by Crippen LogP contribution is -2.40. The SMILES string of the molecule is CN1CCC(C2CCN(C(=O)CNC(=O)c3cc(-c4ccccc4)on3)C2)CC1. The molecule has 2 aliphatic rings. The van der Waals surface area contributed by atoms with Gasteiger partial charge in [0.05, 0.1) is 6.54 Å². The Morgan fingerprint density at radius 1 is 1.10 bits per heavy atom. The molecule has 2 fully saturated rings. The van der Waals surface area contributed by atoms with E-state index in [0.29, 0.717) is 17.6 Å². The number of likely N-dealkylation sites (tertiary alicyclic amines) is 2. The van der Waals surface area contributed by atoms with E-state index < -0.39 is 5.91 Å². The summed E-state index contributed by atoms with van der Waals surface area (Å²) < 4.78 is 5.26. The number of benzene rings is 1. The number of rotatable bonds is 5. The molecule has 29 heavy (non-hydrogen) atoms. The molecule has 3 heterocycles. The van der Waals surface area contributed by atoms with Crippen LogP contribution in [0.5, 0.6) is 0 Å². The van der Waals surface area contributed by atoms with Crippen LogP contribution in [-0.4, -0.2) is 66.5 Å². The third kappa shape index (κ3) is 4.67. The third-order valence-electron chi connectivity index (χ3n) is 6.21. The van der Waals surface area contributed by atoms with Crippen molar-refractivity contribution in [2.75, 3.05) is 39.8 Å². The first-order valence-electron chi connectivity index (χ1n) is 10.4. The van der Waals surface area contributed by atoms with E-state index in [1.165, 1.54) is 12.8 Å². The molecular formula is C22H28N4O3. The molecule has 2 saturated heterocycles. The Morgan fingerprint density at radius 2 is 1.83 bits per heavy atom. The number of amides is 2. The van der Waals surface area contributed by atoms with E-state index >= 15 is 0 Å². The molecule has 154 valence electrons. The molecular weight excluding hydrogens is 368 g/mol. The van der Waals surface area contributed by atoms with Gasteiger partial charge in [-0.25, -0.2) is 0 Å². The average molecular weight is 396 g/mol. The Kier molecular flexibility index (Phi) is 5.94. The van der Waals surface area contributed by atoms with Crippen molar-refractivity contribution in [1.29, 1.82) is 0 Å². The molecule has 1 N–H and O–H groups in total. The number of nitrogens with one attached hydrogen (secondary N) is 1. The zero-order chi connectivity index (χ0) is 20.2. The van der Waals surface area contributed by atoms with Crippen LogP contribution >= 0.6 is 0 Å². The molecule has 2 amide bonds. The van der Waals surface area contributed by atoms with Crippen molar-refractivity contribution < 1.29 is 14.1 Å². The van der Waals surface area contributed by atoms with Crippen LogP contribution < -0.4 is 5.32 Å². The summed E-state index contributed by atoms with van der Waals surface area (Å²) in [5, 5.41) is 6.51. The fourth-order valence-electron chi connectivity index (χ4n) is 4.38. The Bertz CT molecular complexity index is 843. The highest BCUT2D eigenvalue weighted by Gasteiger charge is 2.33. The number of piperidine rings is 1. The van der Waals surface area contributed by atoms with Crippen LogP contribution in [0.15, 0.2) is 40.9 Å². The van der Waals surface area contributed by atoms with Gasteiger partial charge >= 0.3 is 0 Å². The Balaban J connectivity index is 1.26. The fourth-order valence-corrected chi connectivity index (χ4v) is 4.38. The summed E-state index contributed by atoms with van der Waals surface area (Å²) in [6.45, 7) is 3.88. The van der Waals surface area contributed by atoms with Gasteiger partial charge in [-0.2, -0.15) is 0 Å². The number of hydrogen-bond donors (Lipinski definition) is 1. The second-order valence-corrected chi connectivity index (χ2v) is 8.15. The van der Waals surface area contributed by atoms with Gasteiger partial charge in [0, 0.05) is 24.7 Å². The Morgan fingerprint density at radius 3 is 2.59 bits per heavy atom. The number of carbonyl (C=O) groups is 2. The summed E-state index contributed by atoms with van der Waals surface area (Å²) in [5.74, 6) is 1.41. The van der Waals surface area contributed by atoms with Crippen molar-refractivity contribution in [3.05, 3.63) is 42.1 Å². The van der Waals surface area contributed by atoms with Gasteiger partial charge < -0.3 is 19.6 Å². The molecule has 0 spiro atoms. The Labute approximate surface area is 171 Å². The topological polar surface area (TPSA) is 78.7 Å². The summed E-state index contributed by atoms with van der Waals surface area (Å²) in [4.78, 5) is 29.2. The molecule has 7 heteroatoms. The van der Waals surface area contributed by atoms with Crippen LogP contribution in [0.1, 0.15) is 29.8 Å². The van der Waals surface area contributed by atoms with Gasteiger partial charge in [0.25, 0.3) is 5.91 Å². The predicted molar refractivity (Wildman–Crippen MR) is 109 cm³/mol. The quantitative estimate of drug-likeness (QED) is 0.839. The highest BCUT2D eigenvalue weighted by molar-refractivity contribution is 5.95. The first kappa shape index (κ1) is 19.6. The number of hydrogen-bond acceptors (Lipinski definition) is 5. The molecule has 7 nitrogen and oxygen atoms in total. The second-order valence-electron chi connectivity index (χ2n) is 8.15. The summed E-state index contributed by atoms with van der Waals surface area (Å²) in [6.07, 6.45) is 3.50. The minimum Gasteiger partial charge on any atom is -0.355 e. The van der Waals surface area contributed by atoms with E-state index in [0.717, 1.165) is 38.2 Å². The highest BCUT2D eigenvalue weighted by Crippen LogP contribution is 2.31. The van der Waals surface area contributed by atoms with Crippen molar-refractivity contribution in [3.8, 4) is 11.3 Å². The van der Waals surface area contributed by atoms with E-state index in [1.807, 2.05) is 35.2 Å². The molecule has 1 unspecified atom stereocenters. The lowest BCUT2D eigenvalue weighted by Gasteiger charge is -2.32. The van der Waals surface area contributed by atoms with Crippen LogP contribution in [0.4, 0.5) is 0 Å². The third-order valence-corrected chi connectivity index (χ3v) is 6.21. The maximum absolute atomic E-state index is 12.5. The standard InChI is InChI=1S/C22H28N4O3/c1-25-10-7-16(8-11-25)18-9-12-26(15-18)21(27)14-23-22(28)19-13-20(29-24-19)17-5-3-2-4-6-17/h2-6,13,16,18H,7-12,14-15H2,1H3,(H,23,28).